The first-order valence-corrected chi connectivity index (χ1v) is 6.80. The molecule has 0 bridgehead atoms. The second kappa shape index (κ2) is 5.15. The third-order valence-electron chi connectivity index (χ3n) is 3.71. The Morgan fingerprint density at radius 2 is 2.25 bits per heavy atom. The molecule has 1 atom stereocenters. The molecule has 2 aliphatic rings. The molecular weight excluding hydrogens is 262 g/mol. The summed E-state index contributed by atoms with van der Waals surface area (Å²) in [7, 11) is 1.34. The standard InChI is InChI=1S/C13H17N3O4/c1-19-13(18)10-4-2-5-15(10)12(17)9-8-11-16(14-9)6-3-7-20-11/h8,10H,2-7H2,1H3/t10-/m0/s1. The SMILES string of the molecule is COC(=O)[C@@H]1CCCN1C(=O)c1cc2n(n1)CCCO2. The van der Waals surface area contributed by atoms with Gasteiger partial charge >= 0.3 is 5.97 Å². The van der Waals surface area contributed by atoms with Crippen LogP contribution in [0.2, 0.25) is 0 Å². The van der Waals surface area contributed by atoms with E-state index in [4.69, 9.17) is 9.47 Å². The van der Waals surface area contributed by atoms with E-state index in [2.05, 4.69) is 5.10 Å². The predicted octanol–water partition coefficient (Wildman–Crippen LogP) is 0.443. The molecule has 0 unspecified atom stereocenters. The smallest absolute Gasteiger partial charge is 0.328 e. The van der Waals surface area contributed by atoms with E-state index >= 15 is 0 Å². The Morgan fingerprint density at radius 3 is 3.00 bits per heavy atom. The third-order valence-corrected chi connectivity index (χ3v) is 3.71. The number of hydrogen-bond donors (Lipinski definition) is 0. The first-order valence-electron chi connectivity index (χ1n) is 6.80. The number of rotatable bonds is 2. The highest BCUT2D eigenvalue weighted by molar-refractivity contribution is 5.95. The minimum absolute atomic E-state index is 0.233. The van der Waals surface area contributed by atoms with E-state index in [1.54, 1.807) is 15.6 Å². The molecule has 3 heterocycles. The van der Waals surface area contributed by atoms with Crippen molar-refractivity contribution in [2.75, 3.05) is 20.3 Å². The van der Waals surface area contributed by atoms with Gasteiger partial charge in [0, 0.05) is 25.6 Å². The minimum atomic E-state index is -0.493. The Morgan fingerprint density at radius 1 is 1.40 bits per heavy atom. The van der Waals surface area contributed by atoms with Crippen molar-refractivity contribution in [2.24, 2.45) is 0 Å². The summed E-state index contributed by atoms with van der Waals surface area (Å²) in [6.45, 7) is 1.96. The highest BCUT2D eigenvalue weighted by atomic mass is 16.5. The van der Waals surface area contributed by atoms with Crippen molar-refractivity contribution in [1.82, 2.24) is 14.7 Å². The predicted molar refractivity (Wildman–Crippen MR) is 68.4 cm³/mol. The van der Waals surface area contributed by atoms with E-state index in [0.717, 1.165) is 19.4 Å². The first-order chi connectivity index (χ1) is 9.70. The number of ether oxygens (including phenoxy) is 2. The van der Waals surface area contributed by atoms with E-state index in [1.165, 1.54) is 7.11 Å². The molecule has 1 saturated heterocycles. The quantitative estimate of drug-likeness (QED) is 0.735. The van der Waals surface area contributed by atoms with Gasteiger partial charge in [0.2, 0.25) is 5.88 Å². The topological polar surface area (TPSA) is 73.7 Å². The molecule has 0 aromatic carbocycles. The molecular formula is C13H17N3O4. The zero-order valence-corrected chi connectivity index (χ0v) is 11.4. The van der Waals surface area contributed by atoms with Crippen LogP contribution >= 0.6 is 0 Å². The van der Waals surface area contributed by atoms with Gasteiger partial charge in [0.25, 0.3) is 5.91 Å². The monoisotopic (exact) mass is 279 g/mol. The molecule has 7 nitrogen and oxygen atoms in total. The van der Waals surface area contributed by atoms with Gasteiger partial charge in [0.15, 0.2) is 5.69 Å². The van der Waals surface area contributed by atoms with Gasteiger partial charge in [0.1, 0.15) is 6.04 Å². The van der Waals surface area contributed by atoms with Gasteiger partial charge in [-0.2, -0.15) is 5.10 Å². The fourth-order valence-corrected chi connectivity index (χ4v) is 2.71. The summed E-state index contributed by atoms with van der Waals surface area (Å²) in [6.07, 6.45) is 2.33. The summed E-state index contributed by atoms with van der Waals surface area (Å²) >= 11 is 0. The van der Waals surface area contributed by atoms with Crippen molar-refractivity contribution in [3.05, 3.63) is 11.8 Å². The largest absolute Gasteiger partial charge is 0.478 e. The summed E-state index contributed by atoms with van der Waals surface area (Å²) in [4.78, 5) is 25.7. The molecule has 2 aliphatic heterocycles. The maximum Gasteiger partial charge on any atom is 0.328 e. The van der Waals surface area contributed by atoms with Gasteiger partial charge < -0.3 is 14.4 Å². The van der Waals surface area contributed by atoms with Crippen molar-refractivity contribution in [3.63, 3.8) is 0 Å². The Bertz CT molecular complexity index is 516. The van der Waals surface area contributed by atoms with Gasteiger partial charge in [-0.3, -0.25) is 4.79 Å². The molecule has 1 amide bonds. The van der Waals surface area contributed by atoms with Crippen LogP contribution in [0.4, 0.5) is 0 Å². The van der Waals surface area contributed by atoms with E-state index < -0.39 is 6.04 Å². The molecule has 0 N–H and O–H groups in total. The number of aryl methyl sites for hydroxylation is 1. The van der Waals surface area contributed by atoms with E-state index in [-0.39, 0.29) is 11.9 Å². The number of fused-ring (bicyclic) bond motifs is 1. The second-order valence-electron chi connectivity index (χ2n) is 4.97. The zero-order valence-electron chi connectivity index (χ0n) is 11.4. The first kappa shape index (κ1) is 13.0. The normalized spacial score (nSPS) is 21.2. The van der Waals surface area contributed by atoms with Crippen LogP contribution in [0.15, 0.2) is 6.07 Å². The lowest BCUT2D eigenvalue weighted by Gasteiger charge is -2.21. The number of methoxy groups -OCH3 is 1. The molecule has 1 aromatic heterocycles. The maximum atomic E-state index is 12.5. The summed E-state index contributed by atoms with van der Waals surface area (Å²) in [5.74, 6) is 0.0212. The van der Waals surface area contributed by atoms with Crippen molar-refractivity contribution in [3.8, 4) is 5.88 Å². The molecule has 0 aliphatic carbocycles. The number of aromatic nitrogens is 2. The lowest BCUT2D eigenvalue weighted by Crippen LogP contribution is -2.41. The highest BCUT2D eigenvalue weighted by Gasteiger charge is 2.36. The van der Waals surface area contributed by atoms with Crippen LogP contribution in [0.1, 0.15) is 29.8 Å². The highest BCUT2D eigenvalue weighted by Crippen LogP contribution is 2.24. The van der Waals surface area contributed by atoms with Crippen LogP contribution in [0.5, 0.6) is 5.88 Å². The number of carbonyl (C=O) groups is 2. The minimum Gasteiger partial charge on any atom is -0.478 e. The van der Waals surface area contributed by atoms with Crippen LogP contribution < -0.4 is 4.74 Å². The summed E-state index contributed by atoms with van der Waals surface area (Å²) in [6, 6.07) is 1.15. The lowest BCUT2D eigenvalue weighted by atomic mass is 10.2. The molecule has 0 spiro atoms. The molecule has 3 rings (SSSR count). The molecule has 20 heavy (non-hydrogen) atoms. The van der Waals surface area contributed by atoms with Crippen LogP contribution in [0, 0.1) is 0 Å². The van der Waals surface area contributed by atoms with Gasteiger partial charge in [0.05, 0.1) is 13.7 Å². The van der Waals surface area contributed by atoms with Gasteiger partial charge in [-0.15, -0.1) is 0 Å². The third kappa shape index (κ3) is 2.13. The maximum absolute atomic E-state index is 12.5. The number of nitrogens with zero attached hydrogens (tertiary/aromatic N) is 3. The number of carbonyl (C=O) groups excluding carboxylic acids is 2. The van der Waals surface area contributed by atoms with Gasteiger partial charge in [-0.25, -0.2) is 9.48 Å². The van der Waals surface area contributed by atoms with Crippen molar-refractivity contribution in [1.29, 1.82) is 0 Å². The van der Waals surface area contributed by atoms with E-state index in [0.29, 0.717) is 31.1 Å². The van der Waals surface area contributed by atoms with Crippen molar-refractivity contribution < 1.29 is 19.1 Å². The molecule has 108 valence electrons. The van der Waals surface area contributed by atoms with Crippen LogP contribution in [-0.4, -0.2) is 52.9 Å². The molecule has 0 radical (unpaired) electrons. The lowest BCUT2D eigenvalue weighted by molar-refractivity contribution is -0.145. The summed E-state index contributed by atoms with van der Waals surface area (Å²) < 4.78 is 11.9. The Kier molecular flexibility index (Phi) is 3.33. The number of esters is 1. The zero-order chi connectivity index (χ0) is 14.1. The molecule has 1 fully saturated rings. The number of likely N-dealkylation sites (tertiary alicyclic amines) is 1. The van der Waals surface area contributed by atoms with Crippen LogP contribution in [0.25, 0.3) is 0 Å². The number of hydrogen-bond acceptors (Lipinski definition) is 5. The Balaban J connectivity index is 1.81. The van der Waals surface area contributed by atoms with E-state index in [1.807, 2.05) is 0 Å². The fourth-order valence-electron chi connectivity index (χ4n) is 2.71. The van der Waals surface area contributed by atoms with Crippen LogP contribution in [-0.2, 0) is 16.1 Å². The van der Waals surface area contributed by atoms with Gasteiger partial charge in [-0.05, 0) is 12.8 Å². The average molecular weight is 279 g/mol. The van der Waals surface area contributed by atoms with Crippen molar-refractivity contribution >= 4 is 11.9 Å². The van der Waals surface area contributed by atoms with E-state index in [9.17, 15) is 9.59 Å². The van der Waals surface area contributed by atoms with Gasteiger partial charge in [-0.1, -0.05) is 0 Å². The Labute approximate surface area is 116 Å². The Hall–Kier alpha value is -2.05. The molecule has 1 aromatic rings. The average Bonchev–Trinajstić information content (AvgIpc) is 3.11. The van der Waals surface area contributed by atoms with Crippen LogP contribution in [0.3, 0.4) is 0 Å². The summed E-state index contributed by atoms with van der Waals surface area (Å²) in [5, 5.41) is 4.26. The number of amides is 1. The molecule has 0 saturated carbocycles. The second-order valence-corrected chi connectivity index (χ2v) is 4.97. The summed E-state index contributed by atoms with van der Waals surface area (Å²) in [5.41, 5.74) is 0.331. The van der Waals surface area contributed by atoms with Crippen molar-refractivity contribution in [2.45, 2.75) is 31.8 Å². The molecule has 7 heteroatoms. The fraction of sp³-hybridized carbons (Fsp3) is 0.615.